The van der Waals surface area contributed by atoms with E-state index in [2.05, 4.69) is 20.0 Å². The third kappa shape index (κ3) is 6.32. The highest BCUT2D eigenvalue weighted by atomic mass is 16.5. The Morgan fingerprint density at radius 2 is 1.61 bits per heavy atom. The normalized spacial score (nSPS) is 21.3. The van der Waals surface area contributed by atoms with Crippen molar-refractivity contribution in [1.82, 2.24) is 19.6 Å². The van der Waals surface area contributed by atoms with Gasteiger partial charge in [0.15, 0.2) is 0 Å². The lowest BCUT2D eigenvalue weighted by Crippen LogP contribution is -2.39. The van der Waals surface area contributed by atoms with E-state index in [1.54, 1.807) is 9.36 Å². The summed E-state index contributed by atoms with van der Waals surface area (Å²) in [6, 6.07) is 0. The lowest BCUT2D eigenvalue weighted by Gasteiger charge is -2.32. The fraction of sp³-hybridized carbons (Fsp3) is 0.636. The Balaban J connectivity index is 0.000000179. The first-order valence-electron chi connectivity index (χ1n) is 11.1. The summed E-state index contributed by atoms with van der Waals surface area (Å²) in [5.74, 6) is 0.133. The van der Waals surface area contributed by atoms with E-state index in [1.165, 1.54) is 0 Å². The van der Waals surface area contributed by atoms with Gasteiger partial charge in [-0.3, -0.25) is 14.2 Å². The van der Waals surface area contributed by atoms with Gasteiger partial charge in [0.1, 0.15) is 6.29 Å². The summed E-state index contributed by atoms with van der Waals surface area (Å²) in [5, 5.41) is 8.29. The van der Waals surface area contributed by atoms with Gasteiger partial charge < -0.3 is 19.3 Å². The number of piperidine rings is 2. The highest BCUT2D eigenvalue weighted by Gasteiger charge is 2.27. The van der Waals surface area contributed by atoms with Gasteiger partial charge in [-0.1, -0.05) is 0 Å². The Morgan fingerprint density at radius 1 is 1.03 bits per heavy atom. The minimum Gasteiger partial charge on any atom is -0.466 e. The molecule has 2 aliphatic heterocycles. The van der Waals surface area contributed by atoms with Crippen molar-refractivity contribution in [2.75, 3.05) is 42.6 Å². The second-order valence-electron chi connectivity index (χ2n) is 8.27. The predicted molar refractivity (Wildman–Crippen MR) is 119 cm³/mol. The molecule has 2 aromatic heterocycles. The van der Waals surface area contributed by atoms with E-state index in [0.717, 1.165) is 69.5 Å². The molecule has 0 aliphatic carbocycles. The molecule has 0 saturated carbocycles. The van der Waals surface area contributed by atoms with E-state index in [1.807, 2.05) is 45.8 Å². The highest BCUT2D eigenvalue weighted by Crippen LogP contribution is 2.23. The SMILES string of the molecule is CCOC(=O)C1CCCN(c2cnn(C)c2)C1.Cn1cc(N2CCCC(C=O)C2)cn1. The van der Waals surface area contributed by atoms with Crippen molar-refractivity contribution in [3.63, 3.8) is 0 Å². The zero-order chi connectivity index (χ0) is 22.2. The molecule has 2 aliphatic rings. The van der Waals surface area contributed by atoms with E-state index in [-0.39, 0.29) is 17.8 Å². The lowest BCUT2D eigenvalue weighted by atomic mass is 9.98. The van der Waals surface area contributed by atoms with Gasteiger partial charge in [-0.25, -0.2) is 0 Å². The van der Waals surface area contributed by atoms with Gasteiger partial charge in [-0.2, -0.15) is 10.2 Å². The zero-order valence-corrected chi connectivity index (χ0v) is 18.8. The van der Waals surface area contributed by atoms with Crippen molar-refractivity contribution >= 4 is 23.6 Å². The Labute approximate surface area is 183 Å². The van der Waals surface area contributed by atoms with E-state index in [9.17, 15) is 9.59 Å². The van der Waals surface area contributed by atoms with Crippen molar-refractivity contribution in [3.05, 3.63) is 24.8 Å². The molecule has 4 heterocycles. The average Bonchev–Trinajstić information content (AvgIpc) is 3.43. The van der Waals surface area contributed by atoms with Crippen molar-refractivity contribution in [3.8, 4) is 0 Å². The van der Waals surface area contributed by atoms with Crippen LogP contribution in [0.2, 0.25) is 0 Å². The summed E-state index contributed by atoms with van der Waals surface area (Å²) in [7, 11) is 3.81. The van der Waals surface area contributed by atoms with Crippen LogP contribution in [0.1, 0.15) is 32.6 Å². The number of nitrogens with zero attached hydrogens (tertiary/aromatic N) is 6. The number of hydrogen-bond donors (Lipinski definition) is 0. The molecule has 2 saturated heterocycles. The number of carbonyl (C=O) groups excluding carboxylic acids is 2. The van der Waals surface area contributed by atoms with E-state index in [0.29, 0.717) is 6.61 Å². The van der Waals surface area contributed by atoms with Crippen LogP contribution in [0.5, 0.6) is 0 Å². The molecule has 0 radical (unpaired) electrons. The average molecular weight is 431 g/mol. The summed E-state index contributed by atoms with van der Waals surface area (Å²) in [4.78, 5) is 26.8. The largest absolute Gasteiger partial charge is 0.466 e. The van der Waals surface area contributed by atoms with Crippen molar-refractivity contribution in [1.29, 1.82) is 0 Å². The van der Waals surface area contributed by atoms with Gasteiger partial charge in [0.25, 0.3) is 0 Å². The summed E-state index contributed by atoms with van der Waals surface area (Å²) >= 11 is 0. The fourth-order valence-corrected chi connectivity index (χ4v) is 4.16. The Bertz CT molecular complexity index is 848. The van der Waals surface area contributed by atoms with Gasteiger partial charge >= 0.3 is 5.97 Å². The number of aldehydes is 1. The van der Waals surface area contributed by atoms with Crippen LogP contribution in [0.3, 0.4) is 0 Å². The quantitative estimate of drug-likeness (QED) is 0.530. The number of aryl methyl sites for hydroxylation is 2. The Kier molecular flexibility index (Phi) is 8.08. The molecule has 31 heavy (non-hydrogen) atoms. The molecule has 4 rings (SSSR count). The first kappa shape index (κ1) is 22.8. The topological polar surface area (TPSA) is 85.5 Å². The molecule has 0 N–H and O–H groups in total. The monoisotopic (exact) mass is 430 g/mol. The van der Waals surface area contributed by atoms with Crippen molar-refractivity contribution in [2.45, 2.75) is 32.6 Å². The second-order valence-corrected chi connectivity index (χ2v) is 8.27. The second kappa shape index (κ2) is 11.0. The molecular formula is C22H34N6O3. The molecule has 0 amide bonds. The molecule has 2 atom stereocenters. The molecule has 2 aromatic rings. The number of anilines is 2. The third-order valence-electron chi connectivity index (χ3n) is 5.80. The van der Waals surface area contributed by atoms with Crippen LogP contribution in [0, 0.1) is 11.8 Å². The maximum atomic E-state index is 11.7. The molecule has 0 spiro atoms. The first-order chi connectivity index (χ1) is 15.0. The van der Waals surface area contributed by atoms with Crippen LogP contribution >= 0.6 is 0 Å². The van der Waals surface area contributed by atoms with Crippen LogP contribution in [-0.2, 0) is 28.4 Å². The summed E-state index contributed by atoms with van der Waals surface area (Å²) in [6.07, 6.45) is 12.8. The molecule has 9 heteroatoms. The molecular weight excluding hydrogens is 396 g/mol. The van der Waals surface area contributed by atoms with Crippen molar-refractivity contribution < 1.29 is 14.3 Å². The van der Waals surface area contributed by atoms with Crippen LogP contribution in [0.25, 0.3) is 0 Å². The number of ether oxygens (including phenoxy) is 1. The van der Waals surface area contributed by atoms with E-state index in [4.69, 9.17) is 4.74 Å². The summed E-state index contributed by atoms with van der Waals surface area (Å²) in [6.45, 7) is 5.92. The van der Waals surface area contributed by atoms with Crippen LogP contribution in [0.4, 0.5) is 11.4 Å². The van der Waals surface area contributed by atoms with E-state index < -0.39 is 0 Å². The highest BCUT2D eigenvalue weighted by molar-refractivity contribution is 5.73. The van der Waals surface area contributed by atoms with Gasteiger partial charge in [-0.15, -0.1) is 0 Å². The number of hydrogen-bond acceptors (Lipinski definition) is 7. The smallest absolute Gasteiger partial charge is 0.310 e. The fourth-order valence-electron chi connectivity index (χ4n) is 4.16. The lowest BCUT2D eigenvalue weighted by molar-refractivity contribution is -0.148. The van der Waals surface area contributed by atoms with Crippen LogP contribution in [0.15, 0.2) is 24.8 Å². The maximum Gasteiger partial charge on any atom is 0.310 e. The predicted octanol–water partition coefficient (Wildman–Crippen LogP) is 2.03. The number of esters is 1. The van der Waals surface area contributed by atoms with Gasteiger partial charge in [0.05, 0.1) is 36.3 Å². The minimum absolute atomic E-state index is 0.00362. The van der Waals surface area contributed by atoms with Crippen LogP contribution < -0.4 is 9.80 Å². The molecule has 170 valence electrons. The minimum atomic E-state index is -0.0684. The molecule has 0 aromatic carbocycles. The number of carbonyl (C=O) groups is 2. The Hall–Kier alpha value is -2.84. The van der Waals surface area contributed by atoms with Gasteiger partial charge in [0.2, 0.25) is 0 Å². The summed E-state index contributed by atoms with van der Waals surface area (Å²) < 4.78 is 8.66. The number of aromatic nitrogens is 4. The molecule has 0 bridgehead atoms. The summed E-state index contributed by atoms with van der Waals surface area (Å²) in [5.41, 5.74) is 2.21. The van der Waals surface area contributed by atoms with Crippen molar-refractivity contribution in [2.24, 2.45) is 25.9 Å². The zero-order valence-electron chi connectivity index (χ0n) is 18.8. The van der Waals surface area contributed by atoms with Gasteiger partial charge in [0, 0.05) is 58.6 Å². The number of rotatable bonds is 5. The first-order valence-corrected chi connectivity index (χ1v) is 11.1. The molecule has 2 fully saturated rings. The standard InChI is InChI=1S/C12H19N3O2.C10H15N3O/c1-3-17-12(16)10-5-4-6-15(8-10)11-7-13-14(2)9-11;1-12-7-10(5-11-12)13-4-2-3-9(6-13)8-14/h7,9-10H,3-6,8H2,1-2H3;5,7-9H,2-4,6H2,1H3. The van der Waals surface area contributed by atoms with Gasteiger partial charge in [-0.05, 0) is 32.6 Å². The maximum absolute atomic E-state index is 11.7. The molecule has 2 unspecified atom stereocenters. The van der Waals surface area contributed by atoms with Crippen LogP contribution in [-0.4, -0.2) is 64.6 Å². The van der Waals surface area contributed by atoms with E-state index >= 15 is 0 Å². The Morgan fingerprint density at radius 3 is 2.13 bits per heavy atom. The molecule has 9 nitrogen and oxygen atoms in total. The third-order valence-corrected chi connectivity index (χ3v) is 5.80.